The van der Waals surface area contributed by atoms with Crippen LogP contribution in [0.15, 0.2) is 60.9 Å². The summed E-state index contributed by atoms with van der Waals surface area (Å²) in [5.41, 5.74) is 1.80. The van der Waals surface area contributed by atoms with Crippen molar-refractivity contribution in [3.63, 3.8) is 0 Å². The van der Waals surface area contributed by atoms with Crippen LogP contribution >= 0.6 is 11.6 Å². The van der Waals surface area contributed by atoms with Crippen molar-refractivity contribution in [3.05, 3.63) is 77.3 Å². The zero-order valence-electron chi connectivity index (χ0n) is 35.4. The Morgan fingerprint density at radius 2 is 1.66 bits per heavy atom. The standard InChI is InChI=1S/C43H52ClF3N8O6/c1-24(2)37(52-41(58)60-8)40(57)55-23-29(59-7)17-34(55)38-49-21-33(50-38)27-11-9-26(10-12-27)30-18-31(44)32(19-35(30)61-43(45,46)47)51-39(56)28-13-14-36(48-20-28)54-16-15-53(22-25(54)3)42(4,5)6/h9-14,18-21,24-25,29,34,37H,15-17,22-23H2,1-8H3,(H,49,50)(H,51,56)(H,52,58)/t25?,29-,34-,37-/m0/s1. The summed E-state index contributed by atoms with van der Waals surface area (Å²) < 4.78 is 56.1. The molecule has 0 radical (unpaired) electrons. The van der Waals surface area contributed by atoms with Gasteiger partial charge in [0.1, 0.15) is 23.4 Å². The Kier molecular flexibility index (Phi) is 13.5. The number of carbonyl (C=O) groups is 3. The van der Waals surface area contributed by atoms with E-state index in [1.165, 1.54) is 19.4 Å². The minimum atomic E-state index is -5.05. The average Bonchev–Trinajstić information content (AvgIpc) is 3.88. The molecular weight excluding hydrogens is 817 g/mol. The molecule has 4 atom stereocenters. The zero-order chi connectivity index (χ0) is 44.4. The maximum absolute atomic E-state index is 13.8. The molecule has 0 saturated carbocycles. The highest BCUT2D eigenvalue weighted by Gasteiger charge is 2.42. The zero-order valence-corrected chi connectivity index (χ0v) is 36.1. The number of nitrogens with one attached hydrogen (secondary N) is 3. The van der Waals surface area contributed by atoms with Gasteiger partial charge in [-0.2, -0.15) is 0 Å². The third kappa shape index (κ3) is 10.6. The van der Waals surface area contributed by atoms with Gasteiger partial charge in [-0.15, -0.1) is 13.2 Å². The van der Waals surface area contributed by atoms with E-state index < -0.39 is 36.2 Å². The number of methoxy groups -OCH3 is 2. The number of likely N-dealkylation sites (tertiary alicyclic amines) is 1. The maximum atomic E-state index is 13.8. The van der Waals surface area contributed by atoms with Crippen LogP contribution in [0.3, 0.4) is 0 Å². The van der Waals surface area contributed by atoms with E-state index in [-0.39, 0.29) is 57.9 Å². The molecule has 2 aromatic heterocycles. The molecule has 2 saturated heterocycles. The number of halogens is 4. The number of alkyl halides is 3. The van der Waals surface area contributed by atoms with Crippen molar-refractivity contribution >= 4 is 41.0 Å². The van der Waals surface area contributed by atoms with Crippen LogP contribution in [0.4, 0.5) is 29.5 Å². The summed E-state index contributed by atoms with van der Waals surface area (Å²) in [4.78, 5) is 57.7. The molecule has 0 aliphatic carbocycles. The summed E-state index contributed by atoms with van der Waals surface area (Å²) in [6.07, 6.45) is -2.56. The van der Waals surface area contributed by atoms with Crippen molar-refractivity contribution < 1.29 is 41.8 Å². The molecule has 328 valence electrons. The molecule has 2 fully saturated rings. The van der Waals surface area contributed by atoms with Gasteiger partial charge < -0.3 is 39.6 Å². The van der Waals surface area contributed by atoms with Crippen LogP contribution in [-0.2, 0) is 14.3 Å². The largest absolute Gasteiger partial charge is 0.573 e. The first-order valence-corrected chi connectivity index (χ1v) is 20.4. The normalized spacial score (nSPS) is 19.2. The van der Waals surface area contributed by atoms with Crippen LogP contribution in [0.25, 0.3) is 22.4 Å². The van der Waals surface area contributed by atoms with Gasteiger partial charge in [0.15, 0.2) is 0 Å². The fourth-order valence-electron chi connectivity index (χ4n) is 7.71. The summed E-state index contributed by atoms with van der Waals surface area (Å²) in [5, 5.41) is 5.22. The molecule has 18 heteroatoms. The second-order valence-electron chi connectivity index (χ2n) is 16.6. The van der Waals surface area contributed by atoms with Gasteiger partial charge in [-0.1, -0.05) is 49.7 Å². The number of hydrogen-bond donors (Lipinski definition) is 3. The summed E-state index contributed by atoms with van der Waals surface area (Å²) in [5.74, 6) is -0.508. The molecular formula is C43H52ClF3N8O6. The highest BCUT2D eigenvalue weighted by Crippen LogP contribution is 2.41. The molecule has 0 spiro atoms. The lowest BCUT2D eigenvalue weighted by molar-refractivity contribution is -0.274. The number of benzene rings is 2. The number of imidazole rings is 1. The molecule has 0 bridgehead atoms. The first-order chi connectivity index (χ1) is 28.8. The van der Waals surface area contributed by atoms with Crippen LogP contribution in [0.1, 0.15) is 70.2 Å². The molecule has 1 unspecified atom stereocenters. The van der Waals surface area contributed by atoms with Crippen LogP contribution in [0, 0.1) is 5.92 Å². The van der Waals surface area contributed by atoms with Crippen LogP contribution in [0.2, 0.25) is 5.02 Å². The predicted octanol–water partition coefficient (Wildman–Crippen LogP) is 7.92. The minimum absolute atomic E-state index is 0.0122. The number of alkyl carbamates (subject to hydrolysis) is 1. The molecule has 2 aromatic carbocycles. The van der Waals surface area contributed by atoms with Crippen molar-refractivity contribution in [3.8, 4) is 28.1 Å². The third-order valence-electron chi connectivity index (χ3n) is 11.1. The van der Waals surface area contributed by atoms with E-state index >= 15 is 0 Å². The number of ether oxygens (including phenoxy) is 3. The molecule has 4 aromatic rings. The summed E-state index contributed by atoms with van der Waals surface area (Å²) in [6, 6.07) is 11.2. The molecule has 3 amide bonds. The second kappa shape index (κ2) is 18.3. The van der Waals surface area contributed by atoms with Gasteiger partial charge in [0, 0.05) is 69.1 Å². The third-order valence-corrected chi connectivity index (χ3v) is 11.4. The average molecular weight is 869 g/mol. The maximum Gasteiger partial charge on any atom is 0.573 e. The number of rotatable bonds is 11. The quantitative estimate of drug-likeness (QED) is 0.136. The van der Waals surface area contributed by atoms with E-state index in [9.17, 15) is 27.6 Å². The second-order valence-corrected chi connectivity index (χ2v) is 17.0. The Morgan fingerprint density at radius 1 is 0.951 bits per heavy atom. The van der Waals surface area contributed by atoms with Gasteiger partial charge in [0.05, 0.1) is 47.4 Å². The topological polar surface area (TPSA) is 154 Å². The number of aromatic amines is 1. The fraction of sp³-hybridized carbons (Fsp3) is 0.465. The summed E-state index contributed by atoms with van der Waals surface area (Å²) >= 11 is 6.60. The predicted molar refractivity (Wildman–Crippen MR) is 226 cm³/mol. The lowest BCUT2D eigenvalue weighted by Gasteiger charge is -2.46. The molecule has 14 nitrogen and oxygen atoms in total. The van der Waals surface area contributed by atoms with Gasteiger partial charge in [-0.05, 0) is 62.9 Å². The van der Waals surface area contributed by atoms with Crippen molar-refractivity contribution in [2.75, 3.05) is 50.6 Å². The molecule has 2 aliphatic rings. The van der Waals surface area contributed by atoms with E-state index in [4.69, 9.17) is 21.1 Å². The number of pyridine rings is 1. The minimum Gasteiger partial charge on any atom is -0.453 e. The monoisotopic (exact) mass is 868 g/mol. The van der Waals surface area contributed by atoms with Gasteiger partial charge in [0.25, 0.3) is 5.91 Å². The Morgan fingerprint density at radius 3 is 2.25 bits per heavy atom. The number of anilines is 2. The first-order valence-electron chi connectivity index (χ1n) is 20.0. The Balaban J connectivity index is 1.19. The van der Waals surface area contributed by atoms with Crippen LogP contribution in [0.5, 0.6) is 5.75 Å². The highest BCUT2D eigenvalue weighted by atomic mass is 35.5. The van der Waals surface area contributed by atoms with Crippen molar-refractivity contribution in [1.29, 1.82) is 0 Å². The van der Waals surface area contributed by atoms with Crippen molar-refractivity contribution in [2.45, 2.75) is 84.1 Å². The van der Waals surface area contributed by atoms with Gasteiger partial charge in [-0.3, -0.25) is 14.5 Å². The smallest absolute Gasteiger partial charge is 0.453 e. The Bertz CT molecular complexity index is 2200. The molecule has 61 heavy (non-hydrogen) atoms. The van der Waals surface area contributed by atoms with Crippen molar-refractivity contribution in [1.82, 2.24) is 30.1 Å². The SMILES string of the molecule is COC(=O)N[C@H](C(=O)N1C[C@@H](OC)C[C@H]1c1ncc(-c2ccc(-c3cc(Cl)c(NC(=O)c4ccc(N5CCN(C(C)(C)C)CC5C)nc4)cc3OC(F)(F)F)cc2)[nH]1)C(C)C. The van der Waals surface area contributed by atoms with Gasteiger partial charge in [-0.25, -0.2) is 14.8 Å². The first kappa shape index (κ1) is 45.1. The molecule has 4 heterocycles. The van der Waals surface area contributed by atoms with Gasteiger partial charge in [0.2, 0.25) is 5.91 Å². The number of H-pyrrole nitrogens is 1. The number of piperazine rings is 1. The summed E-state index contributed by atoms with van der Waals surface area (Å²) in [6.45, 7) is 15.1. The number of hydrogen-bond acceptors (Lipinski definition) is 10. The van der Waals surface area contributed by atoms with Crippen LogP contribution < -0.4 is 20.3 Å². The van der Waals surface area contributed by atoms with E-state index in [0.717, 1.165) is 31.5 Å². The van der Waals surface area contributed by atoms with Crippen LogP contribution in [-0.4, -0.2) is 113 Å². The highest BCUT2D eigenvalue weighted by molar-refractivity contribution is 6.34. The fourth-order valence-corrected chi connectivity index (χ4v) is 7.92. The molecule has 6 rings (SSSR count). The Labute approximate surface area is 358 Å². The van der Waals surface area contributed by atoms with E-state index in [1.54, 1.807) is 54.6 Å². The van der Waals surface area contributed by atoms with E-state index in [2.05, 4.69) is 67.8 Å². The van der Waals surface area contributed by atoms with E-state index in [0.29, 0.717) is 29.1 Å². The summed E-state index contributed by atoms with van der Waals surface area (Å²) in [7, 11) is 2.79. The molecule has 3 N–H and O–H groups in total. The van der Waals surface area contributed by atoms with Crippen molar-refractivity contribution in [2.24, 2.45) is 5.92 Å². The molecule has 2 aliphatic heterocycles. The number of aromatic nitrogens is 3. The van der Waals surface area contributed by atoms with Gasteiger partial charge >= 0.3 is 12.5 Å². The van der Waals surface area contributed by atoms with E-state index in [1.807, 2.05) is 13.8 Å². The lowest BCUT2D eigenvalue weighted by atomic mass is 10.0. The Hall–Kier alpha value is -5.39. The number of carbonyl (C=O) groups excluding carboxylic acids is 3. The number of nitrogens with zero attached hydrogens (tertiary/aromatic N) is 5. The lowest BCUT2D eigenvalue weighted by Crippen LogP contribution is -2.57. The number of amides is 3.